The van der Waals surface area contributed by atoms with Crippen molar-refractivity contribution < 1.29 is 19.5 Å². The Kier molecular flexibility index (Phi) is 3.55. The molecule has 3 amide bonds. The highest BCUT2D eigenvalue weighted by molar-refractivity contribution is 6.06. The van der Waals surface area contributed by atoms with E-state index in [0.29, 0.717) is 22.4 Å². The summed E-state index contributed by atoms with van der Waals surface area (Å²) in [5.74, 6) is -0.325. The van der Waals surface area contributed by atoms with Crippen LogP contribution in [0.2, 0.25) is 0 Å². The molecule has 2 aromatic rings. The van der Waals surface area contributed by atoms with Crippen LogP contribution >= 0.6 is 0 Å². The molecular weight excluding hydrogens is 312 g/mol. The molecule has 0 atom stereocenters. The molecule has 1 aliphatic rings. The molecule has 8 nitrogen and oxygen atoms in total. The van der Waals surface area contributed by atoms with Crippen molar-refractivity contribution in [3.05, 3.63) is 24.0 Å². The maximum Gasteiger partial charge on any atom is 0.416 e. The molecule has 8 heteroatoms. The predicted octanol–water partition coefficient (Wildman–Crippen LogP) is 2.31. The summed E-state index contributed by atoms with van der Waals surface area (Å²) in [5.41, 5.74) is 1.64. The van der Waals surface area contributed by atoms with Crippen LogP contribution in [0.25, 0.3) is 11.0 Å². The van der Waals surface area contributed by atoms with E-state index in [9.17, 15) is 19.5 Å². The fraction of sp³-hybridized carbons (Fsp3) is 0.375. The van der Waals surface area contributed by atoms with E-state index in [1.807, 2.05) is 20.8 Å². The molecule has 1 saturated heterocycles. The van der Waals surface area contributed by atoms with Gasteiger partial charge in [-0.1, -0.05) is 20.8 Å². The smallest absolute Gasteiger partial charge is 0.416 e. The zero-order chi connectivity index (χ0) is 17.6. The number of aromatic nitrogens is 2. The number of hydrogen-bond acceptors (Lipinski definition) is 4. The highest BCUT2D eigenvalue weighted by Gasteiger charge is 2.28. The number of carbonyl (C=O) groups is 3. The van der Waals surface area contributed by atoms with E-state index in [0.717, 1.165) is 0 Å². The van der Waals surface area contributed by atoms with Gasteiger partial charge in [0.2, 0.25) is 5.91 Å². The van der Waals surface area contributed by atoms with Crippen LogP contribution in [-0.2, 0) is 10.2 Å². The molecule has 0 saturated carbocycles. The highest BCUT2D eigenvalue weighted by atomic mass is 16.4. The third-order valence-corrected chi connectivity index (χ3v) is 3.96. The third kappa shape index (κ3) is 2.60. The molecule has 0 spiro atoms. The number of fused-ring (bicyclic) bond motifs is 1. The molecule has 126 valence electrons. The van der Waals surface area contributed by atoms with Gasteiger partial charge >= 0.3 is 12.1 Å². The van der Waals surface area contributed by atoms with Gasteiger partial charge in [0.05, 0.1) is 22.9 Å². The van der Waals surface area contributed by atoms with Gasteiger partial charge in [-0.05, 0) is 12.1 Å². The van der Waals surface area contributed by atoms with Gasteiger partial charge in [-0.2, -0.15) is 0 Å². The van der Waals surface area contributed by atoms with E-state index in [1.54, 1.807) is 12.1 Å². The van der Waals surface area contributed by atoms with E-state index in [4.69, 9.17) is 0 Å². The molecule has 1 fully saturated rings. The summed E-state index contributed by atoms with van der Waals surface area (Å²) in [6, 6.07) is 2.82. The average Bonchev–Trinajstić information content (AvgIpc) is 2.86. The van der Waals surface area contributed by atoms with Crippen molar-refractivity contribution in [2.45, 2.75) is 32.6 Å². The number of nitrogens with zero attached hydrogens (tertiary/aromatic N) is 3. The number of carbonyl (C=O) groups excluding carboxylic acids is 2. The van der Waals surface area contributed by atoms with Crippen molar-refractivity contribution in [1.82, 2.24) is 14.9 Å². The van der Waals surface area contributed by atoms with Crippen LogP contribution in [0.3, 0.4) is 0 Å². The number of pyridine rings is 1. The standard InChI is InChI=1S/C16H18N4O4/c1-16(2,3)12-7-10-11(20(12)15(23)24)6-9(8-17-10)19-5-4-13(21)18-14(19)22/h6-8H,4-5H2,1-3H3,(H,23,24)(H,18,21,22). The summed E-state index contributed by atoms with van der Waals surface area (Å²) in [4.78, 5) is 40.6. The van der Waals surface area contributed by atoms with E-state index in [2.05, 4.69) is 10.3 Å². The van der Waals surface area contributed by atoms with Crippen LogP contribution in [0, 0.1) is 0 Å². The molecule has 24 heavy (non-hydrogen) atoms. The summed E-state index contributed by atoms with van der Waals surface area (Å²) in [6.07, 6.45) is 0.597. The first-order valence-electron chi connectivity index (χ1n) is 7.55. The van der Waals surface area contributed by atoms with Gasteiger partial charge in [-0.3, -0.25) is 20.0 Å². The summed E-state index contributed by atoms with van der Waals surface area (Å²) >= 11 is 0. The van der Waals surface area contributed by atoms with Gasteiger partial charge in [-0.15, -0.1) is 0 Å². The molecule has 3 rings (SSSR count). The van der Waals surface area contributed by atoms with Crippen molar-refractivity contribution >= 4 is 34.8 Å². The lowest BCUT2D eigenvalue weighted by molar-refractivity contribution is -0.120. The number of imide groups is 1. The van der Waals surface area contributed by atoms with Gasteiger partial charge in [0.1, 0.15) is 0 Å². The predicted molar refractivity (Wildman–Crippen MR) is 87.4 cm³/mol. The van der Waals surface area contributed by atoms with E-state index >= 15 is 0 Å². The second-order valence-corrected chi connectivity index (χ2v) is 6.75. The first kappa shape index (κ1) is 16.0. The summed E-state index contributed by atoms with van der Waals surface area (Å²) in [7, 11) is 0. The second kappa shape index (κ2) is 5.33. The zero-order valence-electron chi connectivity index (χ0n) is 13.7. The number of nitrogens with one attached hydrogen (secondary N) is 1. The van der Waals surface area contributed by atoms with Crippen LogP contribution in [0.4, 0.5) is 15.3 Å². The number of hydrogen-bond donors (Lipinski definition) is 2. The highest BCUT2D eigenvalue weighted by Crippen LogP contribution is 2.30. The Balaban J connectivity index is 2.14. The SMILES string of the molecule is CC(C)(C)c1cc2ncc(N3CCC(=O)NC3=O)cc2n1C(=O)O. The summed E-state index contributed by atoms with van der Waals surface area (Å²) in [6.45, 7) is 6.00. The molecule has 2 N–H and O–H groups in total. The maximum absolute atomic E-state index is 12.0. The Morgan fingerprint density at radius 1 is 1.29 bits per heavy atom. The largest absolute Gasteiger partial charge is 0.464 e. The molecule has 0 aliphatic carbocycles. The number of rotatable bonds is 1. The van der Waals surface area contributed by atoms with Crippen molar-refractivity contribution in [2.75, 3.05) is 11.4 Å². The van der Waals surface area contributed by atoms with E-state index in [-0.39, 0.29) is 24.3 Å². The molecule has 0 bridgehead atoms. The quantitative estimate of drug-likeness (QED) is 0.835. The minimum absolute atomic E-state index is 0.191. The number of urea groups is 1. The minimum atomic E-state index is -1.10. The third-order valence-electron chi connectivity index (χ3n) is 3.96. The lowest BCUT2D eigenvalue weighted by atomic mass is 9.92. The van der Waals surface area contributed by atoms with Crippen molar-refractivity contribution in [2.24, 2.45) is 0 Å². The fourth-order valence-corrected chi connectivity index (χ4v) is 2.78. The van der Waals surface area contributed by atoms with Gasteiger partial charge < -0.3 is 5.11 Å². The molecule has 2 aromatic heterocycles. The first-order chi connectivity index (χ1) is 11.2. The average molecular weight is 330 g/mol. The van der Waals surface area contributed by atoms with E-state index in [1.165, 1.54) is 15.7 Å². The Morgan fingerprint density at radius 3 is 2.58 bits per heavy atom. The van der Waals surface area contributed by atoms with Crippen LogP contribution in [0.15, 0.2) is 18.3 Å². The fourth-order valence-electron chi connectivity index (χ4n) is 2.78. The van der Waals surface area contributed by atoms with E-state index < -0.39 is 12.1 Å². The topological polar surface area (TPSA) is 105 Å². The first-order valence-corrected chi connectivity index (χ1v) is 7.55. The normalized spacial score (nSPS) is 15.7. The molecule has 0 aromatic carbocycles. The maximum atomic E-state index is 12.0. The second-order valence-electron chi connectivity index (χ2n) is 6.75. The molecule has 0 radical (unpaired) electrons. The Morgan fingerprint density at radius 2 is 2.00 bits per heavy atom. The zero-order valence-corrected chi connectivity index (χ0v) is 13.7. The van der Waals surface area contributed by atoms with Crippen molar-refractivity contribution in [1.29, 1.82) is 0 Å². The molecule has 0 unspecified atom stereocenters. The molecule has 3 heterocycles. The minimum Gasteiger partial charge on any atom is -0.464 e. The Bertz CT molecular complexity index is 863. The van der Waals surface area contributed by atoms with Crippen LogP contribution < -0.4 is 10.2 Å². The monoisotopic (exact) mass is 330 g/mol. The van der Waals surface area contributed by atoms with Gasteiger partial charge in [-0.25, -0.2) is 14.2 Å². The van der Waals surface area contributed by atoms with Crippen LogP contribution in [-0.4, -0.2) is 39.2 Å². The molecular formula is C16H18N4O4. The van der Waals surface area contributed by atoms with Gasteiger partial charge in [0, 0.05) is 24.1 Å². The van der Waals surface area contributed by atoms with Crippen molar-refractivity contribution in [3.8, 4) is 0 Å². The Hall–Kier alpha value is -2.90. The van der Waals surface area contributed by atoms with Crippen LogP contribution in [0.5, 0.6) is 0 Å². The number of amides is 3. The lowest BCUT2D eigenvalue weighted by Gasteiger charge is -2.26. The molecule has 1 aliphatic heterocycles. The van der Waals surface area contributed by atoms with Crippen LogP contribution in [0.1, 0.15) is 32.9 Å². The van der Waals surface area contributed by atoms with Gasteiger partial charge in [0.25, 0.3) is 0 Å². The summed E-state index contributed by atoms with van der Waals surface area (Å²) in [5, 5.41) is 11.8. The number of carboxylic acid groups (broad SMARTS) is 1. The lowest BCUT2D eigenvalue weighted by Crippen LogP contribution is -2.49. The number of anilines is 1. The summed E-state index contributed by atoms with van der Waals surface area (Å²) < 4.78 is 1.19. The van der Waals surface area contributed by atoms with Gasteiger partial charge in [0.15, 0.2) is 0 Å². The Labute approximate surface area is 138 Å². The van der Waals surface area contributed by atoms with Crippen molar-refractivity contribution in [3.63, 3.8) is 0 Å².